The number of hydrogen-bond acceptors (Lipinski definition) is 3. The van der Waals surface area contributed by atoms with Gasteiger partial charge in [-0.05, 0) is 33.4 Å². The SMILES string of the molecule is CN(C)CC(C)(C)CN=C1NC(C)(C)CS1. The van der Waals surface area contributed by atoms with E-state index in [2.05, 4.69) is 57.0 Å². The van der Waals surface area contributed by atoms with Crippen LogP contribution in [0.2, 0.25) is 0 Å². The summed E-state index contributed by atoms with van der Waals surface area (Å²) in [5.74, 6) is 1.11. The zero-order valence-corrected chi connectivity index (χ0v) is 12.2. The number of aliphatic imine (C=N–C) groups is 1. The molecule has 0 spiro atoms. The van der Waals surface area contributed by atoms with Gasteiger partial charge in [0.05, 0.1) is 0 Å². The quantitative estimate of drug-likeness (QED) is 0.819. The molecule has 3 nitrogen and oxygen atoms in total. The predicted molar refractivity (Wildman–Crippen MR) is 74.3 cm³/mol. The Labute approximate surface area is 104 Å². The zero-order valence-electron chi connectivity index (χ0n) is 11.4. The van der Waals surface area contributed by atoms with Crippen molar-refractivity contribution < 1.29 is 0 Å². The van der Waals surface area contributed by atoms with Crippen molar-refractivity contribution in [1.29, 1.82) is 0 Å². The molecule has 0 atom stereocenters. The van der Waals surface area contributed by atoms with Crippen molar-refractivity contribution in [3.05, 3.63) is 0 Å². The Balaban J connectivity index is 2.47. The van der Waals surface area contributed by atoms with E-state index < -0.39 is 0 Å². The molecule has 16 heavy (non-hydrogen) atoms. The highest BCUT2D eigenvalue weighted by Crippen LogP contribution is 2.23. The Morgan fingerprint density at radius 3 is 2.50 bits per heavy atom. The topological polar surface area (TPSA) is 27.6 Å². The van der Waals surface area contributed by atoms with E-state index >= 15 is 0 Å². The van der Waals surface area contributed by atoms with Gasteiger partial charge in [0.25, 0.3) is 0 Å². The molecule has 1 aliphatic heterocycles. The summed E-state index contributed by atoms with van der Waals surface area (Å²) in [5, 5.41) is 4.56. The first-order valence-corrected chi connectivity index (χ1v) is 6.79. The van der Waals surface area contributed by atoms with Gasteiger partial charge in [0.2, 0.25) is 0 Å². The van der Waals surface area contributed by atoms with Gasteiger partial charge in [0, 0.05) is 24.4 Å². The summed E-state index contributed by atoms with van der Waals surface area (Å²) in [4.78, 5) is 6.91. The van der Waals surface area contributed by atoms with E-state index in [1.54, 1.807) is 0 Å². The van der Waals surface area contributed by atoms with Gasteiger partial charge in [-0.1, -0.05) is 25.6 Å². The van der Waals surface area contributed by atoms with Crippen LogP contribution in [0.1, 0.15) is 27.7 Å². The van der Waals surface area contributed by atoms with E-state index in [1.807, 2.05) is 11.8 Å². The molecule has 0 aromatic heterocycles. The van der Waals surface area contributed by atoms with Crippen molar-refractivity contribution in [3.8, 4) is 0 Å². The molecular weight excluding hydrogens is 218 g/mol. The highest BCUT2D eigenvalue weighted by molar-refractivity contribution is 8.14. The van der Waals surface area contributed by atoms with Gasteiger partial charge in [0.1, 0.15) is 0 Å². The maximum atomic E-state index is 4.69. The molecule has 0 bridgehead atoms. The standard InChI is InChI=1S/C12H25N3S/c1-11(2,8-15(5)6)7-13-10-14-12(3,4)9-16-10/h7-9H2,1-6H3,(H,13,14). The molecule has 0 amide bonds. The summed E-state index contributed by atoms with van der Waals surface area (Å²) in [7, 11) is 4.22. The number of amidine groups is 1. The summed E-state index contributed by atoms with van der Waals surface area (Å²) in [6.45, 7) is 10.9. The largest absolute Gasteiger partial charge is 0.359 e. The van der Waals surface area contributed by atoms with E-state index in [0.717, 1.165) is 24.0 Å². The van der Waals surface area contributed by atoms with E-state index in [1.165, 1.54) is 0 Å². The molecule has 0 aromatic carbocycles. The minimum Gasteiger partial charge on any atom is -0.359 e. The molecule has 1 N–H and O–H groups in total. The lowest BCUT2D eigenvalue weighted by Gasteiger charge is -2.26. The van der Waals surface area contributed by atoms with Crippen LogP contribution in [0.3, 0.4) is 0 Å². The smallest absolute Gasteiger partial charge is 0.157 e. The first-order chi connectivity index (χ1) is 7.20. The highest BCUT2D eigenvalue weighted by Gasteiger charge is 2.28. The molecule has 0 aliphatic carbocycles. The monoisotopic (exact) mass is 243 g/mol. The number of nitrogens with one attached hydrogen (secondary N) is 1. The third-order valence-electron chi connectivity index (χ3n) is 2.41. The van der Waals surface area contributed by atoms with E-state index in [0.29, 0.717) is 0 Å². The Hall–Kier alpha value is -0.220. The Bertz CT molecular complexity index is 269. The summed E-state index contributed by atoms with van der Waals surface area (Å²) in [6.07, 6.45) is 0. The van der Waals surface area contributed by atoms with E-state index in [-0.39, 0.29) is 11.0 Å². The Morgan fingerprint density at radius 1 is 1.44 bits per heavy atom. The molecular formula is C12H25N3S. The summed E-state index contributed by atoms with van der Waals surface area (Å²) in [6, 6.07) is 0. The highest BCUT2D eigenvalue weighted by atomic mass is 32.2. The lowest BCUT2D eigenvalue weighted by Crippen LogP contribution is -2.37. The molecule has 0 saturated carbocycles. The van der Waals surface area contributed by atoms with Gasteiger partial charge in [-0.25, -0.2) is 0 Å². The predicted octanol–water partition coefficient (Wildman–Crippen LogP) is 2.05. The van der Waals surface area contributed by atoms with Gasteiger partial charge in [-0.3, -0.25) is 4.99 Å². The van der Waals surface area contributed by atoms with Crippen LogP contribution < -0.4 is 5.32 Å². The summed E-state index contributed by atoms with van der Waals surface area (Å²) >= 11 is 1.83. The first-order valence-electron chi connectivity index (χ1n) is 5.80. The second kappa shape index (κ2) is 4.96. The van der Waals surface area contributed by atoms with Crippen LogP contribution in [0.15, 0.2) is 4.99 Å². The number of rotatable bonds is 4. The van der Waals surface area contributed by atoms with E-state index in [4.69, 9.17) is 0 Å². The second-order valence-electron chi connectivity index (χ2n) is 6.32. The summed E-state index contributed by atoms with van der Waals surface area (Å²) in [5.41, 5.74) is 0.445. The second-order valence-corrected chi connectivity index (χ2v) is 7.28. The molecule has 1 rings (SSSR count). The number of thioether (sulfide) groups is 1. The van der Waals surface area contributed by atoms with Crippen molar-refractivity contribution in [2.24, 2.45) is 10.4 Å². The van der Waals surface area contributed by atoms with Crippen LogP contribution >= 0.6 is 11.8 Å². The molecule has 1 saturated heterocycles. The van der Waals surface area contributed by atoms with Gasteiger partial charge < -0.3 is 10.2 Å². The average Bonchev–Trinajstić information content (AvgIpc) is 2.40. The zero-order chi connectivity index (χ0) is 12.4. The van der Waals surface area contributed by atoms with Gasteiger partial charge in [-0.2, -0.15) is 0 Å². The van der Waals surface area contributed by atoms with Crippen LogP contribution in [-0.2, 0) is 0 Å². The molecule has 94 valence electrons. The minimum absolute atomic E-state index is 0.204. The normalized spacial score (nSPS) is 22.8. The van der Waals surface area contributed by atoms with Gasteiger partial charge >= 0.3 is 0 Å². The average molecular weight is 243 g/mol. The maximum absolute atomic E-state index is 4.69. The fourth-order valence-corrected chi connectivity index (χ4v) is 2.96. The van der Waals surface area contributed by atoms with Crippen molar-refractivity contribution in [2.75, 3.05) is 32.9 Å². The first kappa shape index (κ1) is 13.8. The summed E-state index contributed by atoms with van der Waals surface area (Å²) < 4.78 is 0. The third-order valence-corrected chi connectivity index (χ3v) is 3.78. The molecule has 0 unspecified atom stereocenters. The van der Waals surface area contributed by atoms with Crippen LogP contribution in [-0.4, -0.2) is 48.5 Å². The molecule has 1 aliphatic rings. The van der Waals surface area contributed by atoms with Gasteiger partial charge in [0.15, 0.2) is 5.17 Å². The van der Waals surface area contributed by atoms with Crippen LogP contribution in [0.4, 0.5) is 0 Å². The fourth-order valence-electron chi connectivity index (χ4n) is 1.89. The van der Waals surface area contributed by atoms with Crippen molar-refractivity contribution >= 4 is 16.9 Å². The van der Waals surface area contributed by atoms with Crippen LogP contribution in [0, 0.1) is 5.41 Å². The Morgan fingerprint density at radius 2 is 2.06 bits per heavy atom. The minimum atomic E-state index is 0.204. The number of hydrogen-bond donors (Lipinski definition) is 1. The van der Waals surface area contributed by atoms with Gasteiger partial charge in [-0.15, -0.1) is 0 Å². The third kappa shape index (κ3) is 4.74. The lowest BCUT2D eigenvalue weighted by molar-refractivity contribution is 0.249. The molecule has 1 fully saturated rings. The van der Waals surface area contributed by atoms with Crippen LogP contribution in [0.25, 0.3) is 0 Å². The lowest BCUT2D eigenvalue weighted by atomic mass is 9.93. The molecule has 0 aromatic rings. The Kier molecular flexibility index (Phi) is 4.29. The number of nitrogens with zero attached hydrogens (tertiary/aromatic N) is 2. The molecule has 4 heteroatoms. The van der Waals surface area contributed by atoms with E-state index in [9.17, 15) is 0 Å². The van der Waals surface area contributed by atoms with Crippen molar-refractivity contribution in [3.63, 3.8) is 0 Å². The van der Waals surface area contributed by atoms with Crippen molar-refractivity contribution in [1.82, 2.24) is 10.2 Å². The van der Waals surface area contributed by atoms with Crippen molar-refractivity contribution in [2.45, 2.75) is 33.2 Å². The molecule has 0 radical (unpaired) electrons. The maximum Gasteiger partial charge on any atom is 0.157 e. The molecule has 1 heterocycles. The fraction of sp³-hybridized carbons (Fsp3) is 0.917. The van der Waals surface area contributed by atoms with Crippen LogP contribution in [0.5, 0.6) is 0 Å².